The number of amides is 1. The van der Waals surface area contributed by atoms with Gasteiger partial charge in [-0.3, -0.25) is 9.69 Å². The number of aromatic nitrogens is 2. The Balaban J connectivity index is 1.32. The highest BCUT2D eigenvalue weighted by Crippen LogP contribution is 2.36. The first-order valence-electron chi connectivity index (χ1n) is 15.9. The van der Waals surface area contributed by atoms with E-state index in [1.54, 1.807) is 4.90 Å². The number of nitrogens with zero attached hydrogens (tertiary/aromatic N) is 7. The highest BCUT2D eigenvalue weighted by Gasteiger charge is 2.35. The van der Waals surface area contributed by atoms with E-state index in [0.717, 1.165) is 30.0 Å². The highest BCUT2D eigenvalue weighted by atomic mass is 16.5. The molecule has 1 saturated heterocycles. The number of carbonyl (C=O) groups excluding carboxylic acids is 1. The SMILES string of the molecule is [C-]#[N+]C[C@H]1CN(c2nc(OC[C@H](C)N(C)C3CCC3)nc3c2CCN(c2cccc4cccc(C)c24)C3)CCN1C(=O)C=C. The molecule has 2 fully saturated rings. The van der Waals surface area contributed by atoms with Crippen LogP contribution >= 0.6 is 0 Å². The van der Waals surface area contributed by atoms with Crippen molar-refractivity contribution in [1.82, 2.24) is 19.8 Å². The van der Waals surface area contributed by atoms with Crippen molar-refractivity contribution in [3.05, 3.63) is 77.3 Å². The summed E-state index contributed by atoms with van der Waals surface area (Å²) in [5, 5.41) is 2.52. The molecule has 0 N–H and O–H groups in total. The first-order valence-corrected chi connectivity index (χ1v) is 15.9. The molecule has 1 aromatic heterocycles. The van der Waals surface area contributed by atoms with Gasteiger partial charge in [-0.1, -0.05) is 43.3 Å². The van der Waals surface area contributed by atoms with Gasteiger partial charge in [0.05, 0.1) is 12.2 Å². The molecular weight excluding hydrogens is 550 g/mol. The summed E-state index contributed by atoms with van der Waals surface area (Å²) in [5.74, 6) is 0.747. The summed E-state index contributed by atoms with van der Waals surface area (Å²) in [5.41, 5.74) is 4.60. The Hall–Kier alpha value is -4.16. The molecule has 3 aromatic rings. The number of ether oxygens (including phenoxy) is 1. The number of likely N-dealkylation sites (N-methyl/N-ethyl adjacent to an activating group) is 1. The van der Waals surface area contributed by atoms with Gasteiger partial charge in [-0.05, 0) is 63.2 Å². The zero-order valence-electron chi connectivity index (χ0n) is 26.2. The Morgan fingerprint density at radius 1 is 1.18 bits per heavy atom. The van der Waals surface area contributed by atoms with Crippen molar-refractivity contribution >= 4 is 28.2 Å². The molecule has 2 atom stereocenters. The van der Waals surface area contributed by atoms with Gasteiger partial charge in [0.1, 0.15) is 18.5 Å². The number of fused-ring (bicyclic) bond motifs is 2. The van der Waals surface area contributed by atoms with Crippen molar-refractivity contribution in [3.63, 3.8) is 0 Å². The molecule has 1 amide bonds. The van der Waals surface area contributed by atoms with E-state index < -0.39 is 0 Å². The number of benzene rings is 2. The topological polar surface area (TPSA) is 69.4 Å². The predicted octanol–water partition coefficient (Wildman–Crippen LogP) is 4.88. The normalized spacial score (nSPS) is 19.3. The molecule has 0 spiro atoms. The van der Waals surface area contributed by atoms with E-state index in [1.165, 1.54) is 47.4 Å². The fourth-order valence-electron chi connectivity index (χ4n) is 6.87. The minimum Gasteiger partial charge on any atom is -0.462 e. The van der Waals surface area contributed by atoms with Gasteiger partial charge in [0.2, 0.25) is 12.5 Å². The quantitative estimate of drug-likeness (QED) is 0.259. The van der Waals surface area contributed by atoms with Crippen molar-refractivity contribution in [3.8, 4) is 6.01 Å². The van der Waals surface area contributed by atoms with Crippen LogP contribution < -0.4 is 14.5 Å². The third kappa shape index (κ3) is 5.83. The first-order chi connectivity index (χ1) is 21.4. The number of rotatable bonds is 9. The molecule has 1 saturated carbocycles. The third-order valence-corrected chi connectivity index (χ3v) is 9.80. The number of hydrogen-bond acceptors (Lipinski definition) is 7. The van der Waals surface area contributed by atoms with Gasteiger partial charge in [-0.15, -0.1) is 0 Å². The lowest BCUT2D eigenvalue weighted by Gasteiger charge is -2.41. The Morgan fingerprint density at radius 2 is 1.98 bits per heavy atom. The second-order valence-corrected chi connectivity index (χ2v) is 12.5. The second-order valence-electron chi connectivity index (χ2n) is 12.5. The van der Waals surface area contributed by atoms with Crippen LogP contribution in [0.2, 0.25) is 0 Å². The maximum atomic E-state index is 12.6. The molecule has 0 unspecified atom stereocenters. The van der Waals surface area contributed by atoms with Crippen molar-refractivity contribution < 1.29 is 9.53 Å². The summed E-state index contributed by atoms with van der Waals surface area (Å²) >= 11 is 0. The zero-order valence-corrected chi connectivity index (χ0v) is 26.2. The molecule has 3 aliphatic rings. The molecule has 2 aromatic carbocycles. The lowest BCUT2D eigenvalue weighted by Crippen LogP contribution is -2.56. The van der Waals surface area contributed by atoms with Crippen LogP contribution in [0.1, 0.15) is 43.0 Å². The molecule has 230 valence electrons. The van der Waals surface area contributed by atoms with Crippen molar-refractivity contribution in [2.24, 2.45) is 0 Å². The van der Waals surface area contributed by atoms with Gasteiger partial charge in [0.25, 0.3) is 0 Å². The summed E-state index contributed by atoms with van der Waals surface area (Å²) in [4.78, 5) is 35.1. The summed E-state index contributed by atoms with van der Waals surface area (Å²) in [6.07, 6.45) is 5.93. The van der Waals surface area contributed by atoms with Crippen LogP contribution in [-0.4, -0.2) is 90.2 Å². The van der Waals surface area contributed by atoms with E-state index in [-0.39, 0.29) is 24.5 Å². The smallest absolute Gasteiger partial charge is 0.318 e. The van der Waals surface area contributed by atoms with Gasteiger partial charge < -0.3 is 24.3 Å². The number of anilines is 2. The molecule has 3 heterocycles. The lowest BCUT2D eigenvalue weighted by molar-refractivity contribution is -0.128. The van der Waals surface area contributed by atoms with Crippen LogP contribution in [0.4, 0.5) is 11.5 Å². The van der Waals surface area contributed by atoms with Gasteiger partial charge in [0.15, 0.2) is 0 Å². The van der Waals surface area contributed by atoms with Crippen molar-refractivity contribution in [2.45, 2.75) is 64.2 Å². The zero-order chi connectivity index (χ0) is 30.8. The van der Waals surface area contributed by atoms with E-state index in [9.17, 15) is 4.79 Å². The minimum absolute atomic E-state index is 0.127. The molecule has 2 aliphatic heterocycles. The minimum atomic E-state index is -0.225. The largest absolute Gasteiger partial charge is 0.462 e. The lowest BCUT2D eigenvalue weighted by atomic mass is 9.91. The Morgan fingerprint density at radius 3 is 2.70 bits per heavy atom. The van der Waals surface area contributed by atoms with Crippen molar-refractivity contribution in [1.29, 1.82) is 0 Å². The van der Waals surface area contributed by atoms with Crippen LogP contribution in [0.25, 0.3) is 15.6 Å². The molecule has 44 heavy (non-hydrogen) atoms. The van der Waals surface area contributed by atoms with E-state index in [4.69, 9.17) is 21.3 Å². The number of piperazine rings is 1. The van der Waals surface area contributed by atoms with Gasteiger partial charge >= 0.3 is 6.01 Å². The van der Waals surface area contributed by atoms with Crippen LogP contribution in [0.15, 0.2) is 49.1 Å². The first kappa shape index (κ1) is 29.9. The van der Waals surface area contributed by atoms with Crippen LogP contribution in [0.3, 0.4) is 0 Å². The van der Waals surface area contributed by atoms with E-state index >= 15 is 0 Å². The molecule has 9 heteroatoms. The summed E-state index contributed by atoms with van der Waals surface area (Å²) < 4.78 is 6.35. The predicted molar refractivity (Wildman–Crippen MR) is 175 cm³/mol. The second kappa shape index (κ2) is 12.8. The van der Waals surface area contributed by atoms with Crippen LogP contribution in [0.5, 0.6) is 6.01 Å². The average molecular weight is 594 g/mol. The number of hydrogen-bond donors (Lipinski definition) is 0. The molecule has 0 bridgehead atoms. The molecule has 0 radical (unpaired) electrons. The number of carbonyl (C=O) groups is 1. The summed E-state index contributed by atoms with van der Waals surface area (Å²) in [7, 11) is 2.18. The Kier molecular flexibility index (Phi) is 8.72. The maximum Gasteiger partial charge on any atom is 0.318 e. The van der Waals surface area contributed by atoms with Gasteiger partial charge in [-0.2, -0.15) is 9.97 Å². The third-order valence-electron chi connectivity index (χ3n) is 9.80. The fourth-order valence-corrected chi connectivity index (χ4v) is 6.87. The van der Waals surface area contributed by atoms with Gasteiger partial charge in [-0.25, -0.2) is 6.57 Å². The van der Waals surface area contributed by atoms with Crippen LogP contribution in [-0.2, 0) is 17.8 Å². The molecule has 9 nitrogen and oxygen atoms in total. The van der Waals surface area contributed by atoms with E-state index in [2.05, 4.69) is 83.4 Å². The summed E-state index contributed by atoms with van der Waals surface area (Å²) in [6, 6.07) is 14.0. The molecule has 1 aliphatic carbocycles. The maximum absolute atomic E-state index is 12.6. The highest BCUT2D eigenvalue weighted by molar-refractivity contribution is 5.97. The molecular formula is C35H43N7O2. The monoisotopic (exact) mass is 593 g/mol. The average Bonchev–Trinajstić information content (AvgIpc) is 3.01. The standard InChI is InChI=1S/C35H43N7O2/c1-6-32(43)42-19-18-41(21-28(42)20-36-4)34-29-16-17-40(31-15-8-12-26-11-7-10-24(2)33(26)31)22-30(29)37-35(38-34)44-23-25(3)39(5)27-13-9-14-27/h6-8,10-12,15,25,27-28H,1,9,13-14,16-23H2,2-3,5H3/t25-,28-/m0/s1. The Bertz CT molecular complexity index is 1570. The fraction of sp³-hybridized carbons (Fsp3) is 0.486. The van der Waals surface area contributed by atoms with Crippen molar-refractivity contribution in [2.75, 3.05) is 56.2 Å². The summed E-state index contributed by atoms with van der Waals surface area (Å²) in [6.45, 7) is 19.5. The van der Waals surface area contributed by atoms with E-state index in [0.29, 0.717) is 44.8 Å². The van der Waals surface area contributed by atoms with Crippen LogP contribution in [0, 0.1) is 13.5 Å². The number of aryl methyl sites for hydroxylation is 1. The molecule has 6 rings (SSSR count). The van der Waals surface area contributed by atoms with E-state index in [1.807, 2.05) is 0 Å². The van der Waals surface area contributed by atoms with Gasteiger partial charge in [0, 0.05) is 54.9 Å². The Labute approximate surface area is 260 Å².